The Hall–Kier alpha value is -2.15. The van der Waals surface area contributed by atoms with Crippen LogP contribution in [-0.4, -0.2) is 43.0 Å². The maximum Gasteiger partial charge on any atom is 0.152 e. The minimum atomic E-state index is -2.92. The van der Waals surface area contributed by atoms with Gasteiger partial charge in [0.05, 0.1) is 11.5 Å². The number of anilines is 3. The topological polar surface area (TPSA) is 75.2 Å². The summed E-state index contributed by atoms with van der Waals surface area (Å²) in [4.78, 5) is 10.6. The van der Waals surface area contributed by atoms with Crippen molar-refractivity contribution in [2.75, 3.05) is 28.8 Å². The Balaban J connectivity index is 1.83. The molecule has 25 heavy (non-hydrogen) atoms. The molecule has 2 aromatic rings. The third kappa shape index (κ3) is 3.92. The number of hydrogen-bond acceptors (Lipinski definition) is 6. The van der Waals surface area contributed by atoms with Crippen molar-refractivity contribution in [3.63, 3.8) is 0 Å². The number of sulfone groups is 1. The Bertz CT molecular complexity index is 873. The van der Waals surface area contributed by atoms with Crippen molar-refractivity contribution in [1.82, 2.24) is 9.97 Å². The molecule has 0 bridgehead atoms. The van der Waals surface area contributed by atoms with Gasteiger partial charge in [0, 0.05) is 24.8 Å². The average molecular weight is 360 g/mol. The summed E-state index contributed by atoms with van der Waals surface area (Å²) in [5, 5.41) is 3.37. The number of nitrogens with one attached hydrogen (secondary N) is 1. The number of hydrogen-bond donors (Lipinski definition) is 1. The molecule has 1 aromatic heterocycles. The first-order chi connectivity index (χ1) is 11.7. The predicted molar refractivity (Wildman–Crippen MR) is 101 cm³/mol. The first-order valence-electron chi connectivity index (χ1n) is 8.35. The van der Waals surface area contributed by atoms with Gasteiger partial charge in [0.15, 0.2) is 9.84 Å². The van der Waals surface area contributed by atoms with Gasteiger partial charge < -0.3 is 10.2 Å². The van der Waals surface area contributed by atoms with Crippen LogP contribution in [-0.2, 0) is 9.84 Å². The summed E-state index contributed by atoms with van der Waals surface area (Å²) in [5.41, 5.74) is 4.59. The number of rotatable bonds is 4. The Morgan fingerprint density at radius 1 is 1.12 bits per heavy atom. The fourth-order valence-electron chi connectivity index (χ4n) is 3.38. The van der Waals surface area contributed by atoms with Gasteiger partial charge in [-0.15, -0.1) is 0 Å². The molecule has 0 aliphatic carbocycles. The molecule has 0 amide bonds. The molecule has 3 rings (SSSR count). The fraction of sp³-hybridized carbons (Fsp3) is 0.444. The zero-order chi connectivity index (χ0) is 18.2. The van der Waals surface area contributed by atoms with Crippen LogP contribution in [0.15, 0.2) is 24.5 Å². The van der Waals surface area contributed by atoms with Crippen LogP contribution >= 0.6 is 0 Å². The summed E-state index contributed by atoms with van der Waals surface area (Å²) >= 11 is 0. The lowest BCUT2D eigenvalue weighted by Crippen LogP contribution is -2.33. The van der Waals surface area contributed by atoms with E-state index < -0.39 is 9.84 Å². The summed E-state index contributed by atoms with van der Waals surface area (Å²) in [5.74, 6) is 1.86. The van der Waals surface area contributed by atoms with Crippen molar-refractivity contribution in [2.24, 2.45) is 0 Å². The molecule has 6 nitrogen and oxygen atoms in total. The second-order valence-corrected chi connectivity index (χ2v) is 9.06. The molecule has 1 unspecified atom stereocenters. The van der Waals surface area contributed by atoms with Gasteiger partial charge in [-0.3, -0.25) is 0 Å². The van der Waals surface area contributed by atoms with Crippen molar-refractivity contribution >= 4 is 27.2 Å². The Morgan fingerprint density at radius 2 is 1.80 bits per heavy atom. The first kappa shape index (κ1) is 17.7. The number of aromatic nitrogens is 2. The smallest absolute Gasteiger partial charge is 0.152 e. The predicted octanol–water partition coefficient (Wildman–Crippen LogP) is 2.77. The number of nitrogens with zero attached hydrogens (tertiary/aromatic N) is 3. The van der Waals surface area contributed by atoms with Gasteiger partial charge in [-0.2, -0.15) is 0 Å². The normalized spacial score (nSPS) is 19.0. The molecule has 0 radical (unpaired) electrons. The van der Waals surface area contributed by atoms with E-state index in [4.69, 9.17) is 0 Å². The Morgan fingerprint density at radius 3 is 2.40 bits per heavy atom. The molecule has 0 spiro atoms. The van der Waals surface area contributed by atoms with Crippen LogP contribution < -0.4 is 10.2 Å². The summed E-state index contributed by atoms with van der Waals surface area (Å²) in [7, 11) is -1.03. The molecule has 0 saturated carbocycles. The minimum absolute atomic E-state index is 0.0319. The summed E-state index contributed by atoms with van der Waals surface area (Å²) in [6.07, 6.45) is 2.15. The van der Waals surface area contributed by atoms with Crippen molar-refractivity contribution < 1.29 is 8.42 Å². The maximum atomic E-state index is 11.7. The van der Waals surface area contributed by atoms with Crippen molar-refractivity contribution in [1.29, 1.82) is 0 Å². The summed E-state index contributed by atoms with van der Waals surface area (Å²) in [6, 6.07) is 6.10. The van der Waals surface area contributed by atoms with Gasteiger partial charge in [-0.1, -0.05) is 17.7 Å². The standard InChI is InChI=1S/C18H24N4O2S/c1-12-7-13(2)18(14(3)8-12)21-16-9-17(20-11-19-16)22(4)15-5-6-25(23,24)10-15/h7-9,11,15H,5-6,10H2,1-4H3,(H,19,20,21). The molecule has 2 heterocycles. The van der Waals surface area contributed by atoms with Crippen molar-refractivity contribution in [3.05, 3.63) is 41.2 Å². The summed E-state index contributed by atoms with van der Waals surface area (Å²) < 4.78 is 23.4. The molecular weight excluding hydrogens is 336 g/mol. The zero-order valence-electron chi connectivity index (χ0n) is 15.1. The maximum absolute atomic E-state index is 11.7. The third-order valence-corrected chi connectivity index (χ3v) is 6.45. The quantitative estimate of drug-likeness (QED) is 0.904. The van der Waals surface area contributed by atoms with Crippen molar-refractivity contribution in [3.8, 4) is 0 Å². The summed E-state index contributed by atoms with van der Waals surface area (Å²) in [6.45, 7) is 6.22. The van der Waals surface area contributed by atoms with Gasteiger partial charge in [0.2, 0.25) is 0 Å². The highest BCUT2D eigenvalue weighted by Crippen LogP contribution is 2.27. The molecule has 1 aliphatic heterocycles. The van der Waals surface area contributed by atoms with E-state index in [1.165, 1.54) is 11.9 Å². The minimum Gasteiger partial charge on any atom is -0.355 e. The highest BCUT2D eigenvalue weighted by Gasteiger charge is 2.31. The van der Waals surface area contributed by atoms with Crippen LogP contribution in [0.3, 0.4) is 0 Å². The Kier molecular flexibility index (Phi) is 4.69. The largest absolute Gasteiger partial charge is 0.355 e. The molecule has 1 aliphatic rings. The van der Waals surface area contributed by atoms with Gasteiger partial charge in [-0.05, 0) is 38.3 Å². The molecule has 1 fully saturated rings. The Labute approximate surface area is 149 Å². The molecule has 1 saturated heterocycles. The molecule has 134 valence electrons. The average Bonchev–Trinajstić information content (AvgIpc) is 2.90. The van der Waals surface area contributed by atoms with Crippen LogP contribution in [0.25, 0.3) is 0 Å². The van der Waals surface area contributed by atoms with E-state index in [1.54, 1.807) is 0 Å². The zero-order valence-corrected chi connectivity index (χ0v) is 15.9. The van der Waals surface area contributed by atoms with E-state index in [9.17, 15) is 8.42 Å². The van der Waals surface area contributed by atoms with E-state index >= 15 is 0 Å². The van der Waals surface area contributed by atoms with Crippen molar-refractivity contribution in [2.45, 2.75) is 33.2 Å². The van der Waals surface area contributed by atoms with Gasteiger partial charge in [0.25, 0.3) is 0 Å². The van der Waals surface area contributed by atoms with Crippen LogP contribution in [0.4, 0.5) is 17.3 Å². The highest BCUT2D eigenvalue weighted by molar-refractivity contribution is 7.91. The van der Waals surface area contributed by atoms with Crippen LogP contribution in [0, 0.1) is 20.8 Å². The van der Waals surface area contributed by atoms with E-state index in [1.807, 2.05) is 18.0 Å². The van der Waals surface area contributed by atoms with Crippen LogP contribution in [0.2, 0.25) is 0 Å². The van der Waals surface area contributed by atoms with Crippen LogP contribution in [0.5, 0.6) is 0 Å². The second kappa shape index (κ2) is 6.63. The SMILES string of the molecule is Cc1cc(C)c(Nc2cc(N(C)C3CCS(=O)(=O)C3)ncn2)c(C)c1. The van der Waals surface area contributed by atoms with E-state index in [0.29, 0.717) is 12.2 Å². The molecule has 1 N–H and O–H groups in total. The van der Waals surface area contributed by atoms with Gasteiger partial charge >= 0.3 is 0 Å². The lowest BCUT2D eigenvalue weighted by molar-refractivity contribution is 0.600. The van der Waals surface area contributed by atoms with E-state index in [2.05, 4.69) is 48.2 Å². The lowest BCUT2D eigenvalue weighted by atomic mass is 10.1. The fourth-order valence-corrected chi connectivity index (χ4v) is 5.16. The molecule has 1 aromatic carbocycles. The highest BCUT2D eigenvalue weighted by atomic mass is 32.2. The monoisotopic (exact) mass is 360 g/mol. The van der Waals surface area contributed by atoms with E-state index in [-0.39, 0.29) is 17.5 Å². The molecule has 1 atom stereocenters. The van der Waals surface area contributed by atoms with Crippen LogP contribution in [0.1, 0.15) is 23.1 Å². The second-order valence-electron chi connectivity index (χ2n) is 6.83. The van der Waals surface area contributed by atoms with E-state index in [0.717, 1.165) is 22.6 Å². The van der Waals surface area contributed by atoms with Gasteiger partial charge in [0.1, 0.15) is 18.0 Å². The number of benzene rings is 1. The van der Waals surface area contributed by atoms with Gasteiger partial charge in [-0.25, -0.2) is 18.4 Å². The molecular formula is C18H24N4O2S. The lowest BCUT2D eigenvalue weighted by Gasteiger charge is -2.24. The number of aryl methyl sites for hydroxylation is 3. The third-order valence-electron chi connectivity index (χ3n) is 4.70. The molecule has 7 heteroatoms. The first-order valence-corrected chi connectivity index (χ1v) is 10.2.